The van der Waals surface area contributed by atoms with Crippen molar-refractivity contribution in [2.24, 2.45) is 0 Å². The van der Waals surface area contributed by atoms with Crippen LogP contribution >= 0.6 is 11.6 Å². The van der Waals surface area contributed by atoms with Gasteiger partial charge in [0.2, 0.25) is 0 Å². The number of alkyl halides is 3. The molecule has 0 spiro atoms. The monoisotopic (exact) mass is 366 g/mol. The minimum absolute atomic E-state index is 0.110. The van der Waals surface area contributed by atoms with E-state index in [0.717, 1.165) is 18.2 Å². The van der Waals surface area contributed by atoms with Crippen LogP contribution in [0.15, 0.2) is 48.0 Å². The van der Waals surface area contributed by atoms with Crippen LogP contribution in [0.5, 0.6) is 5.75 Å². The SMILES string of the molecule is N#C/C(=C\c1ccccc1O)C(=O)Nc1cc(C(F)(F)F)ccc1Cl. The number of benzene rings is 2. The molecule has 0 aliphatic rings. The Kier molecular flexibility index (Phi) is 5.35. The van der Waals surface area contributed by atoms with Gasteiger partial charge in [-0.3, -0.25) is 4.79 Å². The van der Waals surface area contributed by atoms with E-state index >= 15 is 0 Å². The second-order valence-electron chi connectivity index (χ2n) is 4.88. The van der Waals surface area contributed by atoms with Crippen LogP contribution < -0.4 is 5.32 Å². The molecule has 2 rings (SSSR count). The van der Waals surface area contributed by atoms with Gasteiger partial charge in [-0.1, -0.05) is 29.8 Å². The number of rotatable bonds is 3. The second-order valence-corrected chi connectivity index (χ2v) is 5.28. The van der Waals surface area contributed by atoms with Gasteiger partial charge >= 0.3 is 6.18 Å². The van der Waals surface area contributed by atoms with E-state index in [-0.39, 0.29) is 22.0 Å². The Labute approximate surface area is 145 Å². The molecule has 0 aliphatic heterocycles. The standard InChI is InChI=1S/C17H10ClF3N2O2/c18-13-6-5-12(17(19,20)21)8-14(13)23-16(25)11(9-22)7-10-3-1-2-4-15(10)24/h1-8,24H,(H,23,25)/b11-7+. The molecule has 128 valence electrons. The van der Waals surface area contributed by atoms with Crippen LogP contribution in [0.3, 0.4) is 0 Å². The summed E-state index contributed by atoms with van der Waals surface area (Å²) in [6, 6.07) is 10.1. The van der Waals surface area contributed by atoms with Crippen LogP contribution in [-0.2, 0) is 11.0 Å². The Morgan fingerprint density at radius 1 is 1.24 bits per heavy atom. The Bertz CT molecular complexity index is 886. The van der Waals surface area contributed by atoms with Crippen molar-refractivity contribution < 1.29 is 23.1 Å². The lowest BCUT2D eigenvalue weighted by Gasteiger charge is -2.11. The quantitative estimate of drug-likeness (QED) is 0.615. The van der Waals surface area contributed by atoms with Crippen molar-refractivity contribution in [3.05, 3.63) is 64.2 Å². The van der Waals surface area contributed by atoms with Crippen LogP contribution in [-0.4, -0.2) is 11.0 Å². The summed E-state index contributed by atoms with van der Waals surface area (Å²) in [6.07, 6.45) is -3.49. The first-order valence-electron chi connectivity index (χ1n) is 6.80. The molecule has 2 aromatic rings. The summed E-state index contributed by atoms with van der Waals surface area (Å²) in [4.78, 5) is 12.1. The Balaban J connectivity index is 2.32. The lowest BCUT2D eigenvalue weighted by molar-refractivity contribution is -0.137. The molecule has 0 fully saturated rings. The molecule has 1 amide bonds. The zero-order valence-electron chi connectivity index (χ0n) is 12.4. The normalized spacial score (nSPS) is 11.7. The van der Waals surface area contributed by atoms with Gasteiger partial charge in [0.15, 0.2) is 0 Å². The number of para-hydroxylation sites is 1. The first kappa shape index (κ1) is 18.4. The van der Waals surface area contributed by atoms with Gasteiger partial charge < -0.3 is 10.4 Å². The molecule has 4 nitrogen and oxygen atoms in total. The highest BCUT2D eigenvalue weighted by molar-refractivity contribution is 6.34. The molecule has 25 heavy (non-hydrogen) atoms. The molecule has 0 heterocycles. The van der Waals surface area contributed by atoms with Gasteiger partial charge in [0.05, 0.1) is 16.3 Å². The molecule has 8 heteroatoms. The van der Waals surface area contributed by atoms with Crippen molar-refractivity contribution in [1.29, 1.82) is 5.26 Å². The smallest absolute Gasteiger partial charge is 0.416 e. The van der Waals surface area contributed by atoms with E-state index < -0.39 is 23.2 Å². The Morgan fingerprint density at radius 2 is 1.92 bits per heavy atom. The van der Waals surface area contributed by atoms with E-state index in [1.807, 2.05) is 0 Å². The summed E-state index contributed by atoms with van der Waals surface area (Å²) < 4.78 is 38.2. The summed E-state index contributed by atoms with van der Waals surface area (Å²) in [5.74, 6) is -1.10. The highest BCUT2D eigenvalue weighted by Gasteiger charge is 2.31. The number of nitrogens with zero attached hydrogens (tertiary/aromatic N) is 1. The molecule has 0 unspecified atom stereocenters. The number of aromatic hydroxyl groups is 1. The molecule has 2 aromatic carbocycles. The third-order valence-corrected chi connectivity index (χ3v) is 3.47. The van der Waals surface area contributed by atoms with E-state index in [1.54, 1.807) is 18.2 Å². The Morgan fingerprint density at radius 3 is 2.52 bits per heavy atom. The molecule has 2 N–H and O–H groups in total. The van der Waals surface area contributed by atoms with Gasteiger partial charge in [-0.05, 0) is 30.3 Å². The molecular formula is C17H10ClF3N2O2. The van der Waals surface area contributed by atoms with E-state index in [9.17, 15) is 23.1 Å². The van der Waals surface area contributed by atoms with Gasteiger partial charge in [0, 0.05) is 5.56 Å². The average Bonchev–Trinajstić information content (AvgIpc) is 2.55. The number of phenolic OH excluding ortho intramolecular Hbond substituents is 1. The minimum Gasteiger partial charge on any atom is -0.507 e. The van der Waals surface area contributed by atoms with Crippen molar-refractivity contribution in [3.63, 3.8) is 0 Å². The molecule has 0 saturated carbocycles. The first-order chi connectivity index (χ1) is 11.7. The van der Waals surface area contributed by atoms with E-state index in [1.165, 1.54) is 12.1 Å². The number of hydrogen-bond acceptors (Lipinski definition) is 3. The lowest BCUT2D eigenvalue weighted by Crippen LogP contribution is -2.15. The maximum Gasteiger partial charge on any atom is 0.416 e. The van der Waals surface area contributed by atoms with E-state index in [0.29, 0.717) is 6.07 Å². The summed E-state index contributed by atoms with van der Waals surface area (Å²) in [5.41, 5.74) is -1.46. The van der Waals surface area contributed by atoms with Gasteiger partial charge in [0.25, 0.3) is 5.91 Å². The van der Waals surface area contributed by atoms with Crippen molar-refractivity contribution in [2.45, 2.75) is 6.18 Å². The fraction of sp³-hybridized carbons (Fsp3) is 0.0588. The van der Waals surface area contributed by atoms with E-state index in [2.05, 4.69) is 5.32 Å². The molecule has 0 aromatic heterocycles. The maximum absolute atomic E-state index is 12.7. The summed E-state index contributed by atoms with van der Waals surface area (Å²) in [6.45, 7) is 0. The lowest BCUT2D eigenvalue weighted by atomic mass is 10.1. The number of carbonyl (C=O) groups is 1. The van der Waals surface area contributed by atoms with Crippen molar-refractivity contribution in [1.82, 2.24) is 0 Å². The number of hydrogen-bond donors (Lipinski definition) is 2. The van der Waals surface area contributed by atoms with Crippen LogP contribution in [0.4, 0.5) is 18.9 Å². The zero-order valence-corrected chi connectivity index (χ0v) is 13.2. The predicted octanol–water partition coefficient (Wildman–Crippen LogP) is 4.61. The molecular weight excluding hydrogens is 357 g/mol. The van der Waals surface area contributed by atoms with Crippen molar-refractivity contribution in [3.8, 4) is 11.8 Å². The summed E-state index contributed by atoms with van der Waals surface area (Å²) in [7, 11) is 0. The van der Waals surface area contributed by atoms with Crippen molar-refractivity contribution >= 4 is 29.3 Å². The highest BCUT2D eigenvalue weighted by Crippen LogP contribution is 2.34. The largest absolute Gasteiger partial charge is 0.507 e. The summed E-state index contributed by atoms with van der Waals surface area (Å²) in [5, 5.41) is 20.8. The highest BCUT2D eigenvalue weighted by atomic mass is 35.5. The fourth-order valence-corrected chi connectivity index (χ4v) is 2.07. The summed E-state index contributed by atoms with van der Waals surface area (Å²) >= 11 is 5.80. The molecule has 0 atom stereocenters. The topological polar surface area (TPSA) is 73.1 Å². The number of halogens is 4. The average molecular weight is 367 g/mol. The zero-order chi connectivity index (χ0) is 18.6. The second kappa shape index (κ2) is 7.28. The number of nitrogens with one attached hydrogen (secondary N) is 1. The molecule has 0 radical (unpaired) electrons. The number of phenols is 1. The molecule has 0 aliphatic carbocycles. The van der Waals surface area contributed by atoms with E-state index in [4.69, 9.17) is 16.9 Å². The number of nitriles is 1. The van der Waals surface area contributed by atoms with Crippen LogP contribution in [0.2, 0.25) is 5.02 Å². The predicted molar refractivity (Wildman–Crippen MR) is 86.8 cm³/mol. The Hall–Kier alpha value is -2.98. The third kappa shape index (κ3) is 4.52. The fourth-order valence-electron chi connectivity index (χ4n) is 1.90. The van der Waals surface area contributed by atoms with Gasteiger partial charge in [-0.15, -0.1) is 0 Å². The minimum atomic E-state index is -4.60. The van der Waals surface area contributed by atoms with Crippen LogP contribution in [0.25, 0.3) is 6.08 Å². The van der Waals surface area contributed by atoms with Gasteiger partial charge in [0.1, 0.15) is 17.4 Å². The third-order valence-electron chi connectivity index (χ3n) is 3.14. The number of amides is 1. The van der Waals surface area contributed by atoms with Gasteiger partial charge in [-0.2, -0.15) is 18.4 Å². The first-order valence-corrected chi connectivity index (χ1v) is 7.18. The maximum atomic E-state index is 12.7. The van der Waals surface area contributed by atoms with Crippen LogP contribution in [0.1, 0.15) is 11.1 Å². The number of anilines is 1. The van der Waals surface area contributed by atoms with Crippen molar-refractivity contribution in [2.75, 3.05) is 5.32 Å². The number of carbonyl (C=O) groups excluding carboxylic acids is 1. The molecule has 0 saturated heterocycles. The molecule has 0 bridgehead atoms. The van der Waals surface area contributed by atoms with Gasteiger partial charge in [-0.25, -0.2) is 0 Å². The van der Waals surface area contributed by atoms with Crippen LogP contribution in [0, 0.1) is 11.3 Å².